The Bertz CT molecular complexity index is 1670. The highest BCUT2D eigenvalue weighted by molar-refractivity contribution is 6.15. The molecule has 0 unspecified atom stereocenters. The van der Waals surface area contributed by atoms with E-state index in [0.717, 1.165) is 25.7 Å². The van der Waals surface area contributed by atoms with Gasteiger partial charge in [0.05, 0.1) is 22.5 Å². The molecule has 9 heteroatoms. The number of furan rings is 1. The number of phenolic OH excluding ortho intramolecular Hbond substituents is 1. The standard InChI is InChI=1S/C22H18N4O5/c27-13-8-7-12-16-19(31-18(12)17(13)28)14(11-6-3-9-23-21(11)29)15-20(24-16)26(25-22(15)30)10-4-1-2-5-10/h3,6-10,24,28H,1-2,4-5H2,(H,23,29)(H,25,30). The van der Waals surface area contributed by atoms with Crippen molar-refractivity contribution in [3.05, 3.63) is 61.4 Å². The van der Waals surface area contributed by atoms with Gasteiger partial charge in [-0.05, 0) is 37.1 Å². The molecule has 4 N–H and O–H groups in total. The molecule has 0 saturated heterocycles. The summed E-state index contributed by atoms with van der Waals surface area (Å²) in [5.41, 5.74) is 0.611. The average Bonchev–Trinajstić information content (AvgIpc) is 3.48. The summed E-state index contributed by atoms with van der Waals surface area (Å²) in [7, 11) is 0. The fourth-order valence-corrected chi connectivity index (χ4v) is 4.78. The molecule has 4 heterocycles. The number of aromatic nitrogens is 4. The van der Waals surface area contributed by atoms with Crippen molar-refractivity contribution < 1.29 is 9.52 Å². The third-order valence-corrected chi connectivity index (χ3v) is 6.22. The van der Waals surface area contributed by atoms with Crippen LogP contribution in [0.25, 0.3) is 44.2 Å². The maximum absolute atomic E-state index is 13.1. The number of phenols is 1. The van der Waals surface area contributed by atoms with Crippen molar-refractivity contribution in [3.63, 3.8) is 0 Å². The highest BCUT2D eigenvalue weighted by atomic mass is 16.4. The fraction of sp³-hybridized carbons (Fsp3) is 0.227. The summed E-state index contributed by atoms with van der Waals surface area (Å²) < 4.78 is 7.75. The first-order valence-corrected chi connectivity index (χ1v) is 10.2. The van der Waals surface area contributed by atoms with Gasteiger partial charge in [-0.15, -0.1) is 0 Å². The Kier molecular flexibility index (Phi) is 3.59. The minimum Gasteiger partial charge on any atom is -0.502 e. The number of aromatic hydroxyl groups is 1. The molecular weight excluding hydrogens is 400 g/mol. The van der Waals surface area contributed by atoms with Crippen LogP contribution in [-0.2, 0) is 0 Å². The van der Waals surface area contributed by atoms with Crippen LogP contribution in [0.2, 0.25) is 0 Å². The van der Waals surface area contributed by atoms with Crippen LogP contribution in [0.1, 0.15) is 31.7 Å². The third kappa shape index (κ3) is 2.40. The predicted molar refractivity (Wildman–Crippen MR) is 116 cm³/mol. The SMILES string of the molecule is O=c1ccc2c(oc3c(-c4ccc[nH]c4=O)c4c(=O)[nH]n(C5CCCC5)c4[nH]c32)c1O. The molecule has 9 nitrogen and oxygen atoms in total. The van der Waals surface area contributed by atoms with Crippen LogP contribution < -0.4 is 16.5 Å². The minimum absolute atomic E-state index is 0.0175. The van der Waals surface area contributed by atoms with Gasteiger partial charge in [0.1, 0.15) is 5.65 Å². The Balaban J connectivity index is 1.86. The lowest BCUT2D eigenvalue weighted by molar-refractivity contribution is 0.464. The summed E-state index contributed by atoms with van der Waals surface area (Å²) in [5, 5.41) is 14.0. The smallest absolute Gasteiger partial charge is 0.274 e. The first-order chi connectivity index (χ1) is 15.0. The Morgan fingerprint density at radius 2 is 1.84 bits per heavy atom. The number of hydrogen-bond donors (Lipinski definition) is 4. The minimum atomic E-state index is -0.566. The van der Waals surface area contributed by atoms with Gasteiger partial charge in [0.25, 0.3) is 11.1 Å². The van der Waals surface area contributed by atoms with E-state index in [1.54, 1.807) is 18.2 Å². The first kappa shape index (κ1) is 17.8. The number of benzene rings is 1. The van der Waals surface area contributed by atoms with E-state index in [9.17, 15) is 19.5 Å². The van der Waals surface area contributed by atoms with E-state index in [1.165, 1.54) is 12.3 Å². The van der Waals surface area contributed by atoms with E-state index in [0.29, 0.717) is 27.5 Å². The van der Waals surface area contributed by atoms with Crippen molar-refractivity contribution >= 4 is 33.1 Å². The van der Waals surface area contributed by atoms with E-state index in [1.807, 2.05) is 4.68 Å². The lowest BCUT2D eigenvalue weighted by Gasteiger charge is -2.13. The normalized spacial score (nSPS) is 15.0. The van der Waals surface area contributed by atoms with Crippen molar-refractivity contribution in [1.29, 1.82) is 0 Å². The van der Waals surface area contributed by atoms with Gasteiger partial charge in [0, 0.05) is 17.1 Å². The molecule has 1 aliphatic rings. The Labute approximate surface area is 172 Å². The van der Waals surface area contributed by atoms with Gasteiger partial charge in [-0.3, -0.25) is 24.2 Å². The summed E-state index contributed by atoms with van der Waals surface area (Å²) >= 11 is 0. The number of nitrogens with one attached hydrogen (secondary N) is 3. The van der Waals surface area contributed by atoms with Gasteiger partial charge in [0.15, 0.2) is 11.2 Å². The molecular formula is C22H18N4O5. The maximum Gasteiger partial charge on any atom is 0.274 e. The zero-order chi connectivity index (χ0) is 21.3. The van der Waals surface area contributed by atoms with Gasteiger partial charge in [0.2, 0.25) is 11.2 Å². The number of pyridine rings is 2. The molecule has 1 aliphatic carbocycles. The zero-order valence-corrected chi connectivity index (χ0v) is 16.3. The lowest BCUT2D eigenvalue weighted by atomic mass is 10.0. The number of hydrogen-bond acceptors (Lipinski definition) is 5. The number of fused-ring (bicyclic) bond motifs is 4. The predicted octanol–water partition coefficient (Wildman–Crippen LogP) is 3.09. The number of rotatable bonds is 2. The summed E-state index contributed by atoms with van der Waals surface area (Å²) in [4.78, 5) is 43.7. The van der Waals surface area contributed by atoms with Crippen molar-refractivity contribution in [1.82, 2.24) is 19.7 Å². The van der Waals surface area contributed by atoms with Crippen molar-refractivity contribution in [3.8, 4) is 16.9 Å². The molecule has 0 bridgehead atoms. The summed E-state index contributed by atoms with van der Waals surface area (Å²) in [6, 6.07) is 6.26. The van der Waals surface area contributed by atoms with E-state index >= 15 is 0 Å². The number of nitrogens with zero attached hydrogens (tertiary/aromatic N) is 1. The van der Waals surface area contributed by atoms with Crippen LogP contribution in [0.5, 0.6) is 5.75 Å². The van der Waals surface area contributed by atoms with Crippen LogP contribution in [0.4, 0.5) is 0 Å². The molecule has 0 amide bonds. The van der Waals surface area contributed by atoms with Crippen molar-refractivity contribution in [2.24, 2.45) is 0 Å². The summed E-state index contributed by atoms with van der Waals surface area (Å²) in [6.45, 7) is 0. The van der Waals surface area contributed by atoms with Gasteiger partial charge >= 0.3 is 0 Å². The highest BCUT2D eigenvalue weighted by Gasteiger charge is 2.27. The summed E-state index contributed by atoms with van der Waals surface area (Å²) in [6.07, 6.45) is 5.55. The highest BCUT2D eigenvalue weighted by Crippen LogP contribution is 2.40. The zero-order valence-electron chi connectivity index (χ0n) is 16.3. The summed E-state index contributed by atoms with van der Waals surface area (Å²) in [5.74, 6) is -0.507. The second-order valence-corrected chi connectivity index (χ2v) is 7.98. The average molecular weight is 418 g/mol. The maximum atomic E-state index is 13.1. The van der Waals surface area contributed by atoms with E-state index in [2.05, 4.69) is 15.1 Å². The van der Waals surface area contributed by atoms with Gasteiger partial charge in [-0.1, -0.05) is 12.8 Å². The molecule has 5 aromatic rings. The van der Waals surface area contributed by atoms with Crippen molar-refractivity contribution in [2.45, 2.75) is 31.7 Å². The Hall–Kier alpha value is -4.01. The largest absolute Gasteiger partial charge is 0.502 e. The van der Waals surface area contributed by atoms with Gasteiger partial charge in [-0.25, -0.2) is 0 Å². The molecule has 4 aromatic heterocycles. The van der Waals surface area contributed by atoms with E-state index in [-0.39, 0.29) is 33.9 Å². The number of aromatic amines is 3. The Morgan fingerprint density at radius 3 is 2.61 bits per heavy atom. The lowest BCUT2D eigenvalue weighted by Crippen LogP contribution is -2.10. The van der Waals surface area contributed by atoms with Crippen LogP contribution in [0.15, 0.2) is 49.3 Å². The molecule has 0 radical (unpaired) electrons. The van der Waals surface area contributed by atoms with Crippen molar-refractivity contribution in [2.75, 3.05) is 0 Å². The number of H-pyrrole nitrogens is 3. The quantitative estimate of drug-likeness (QED) is 0.349. The molecule has 1 aromatic carbocycles. The molecule has 1 fully saturated rings. The van der Waals surface area contributed by atoms with Gasteiger partial charge in [-0.2, -0.15) is 0 Å². The second-order valence-electron chi connectivity index (χ2n) is 7.98. The van der Waals surface area contributed by atoms with Crippen LogP contribution in [-0.4, -0.2) is 24.9 Å². The van der Waals surface area contributed by atoms with E-state index < -0.39 is 11.2 Å². The molecule has 156 valence electrons. The molecule has 0 atom stereocenters. The topological polar surface area (TPSA) is 137 Å². The second kappa shape index (κ2) is 6.24. The molecule has 0 spiro atoms. The molecule has 0 aliphatic heterocycles. The van der Waals surface area contributed by atoms with Crippen LogP contribution >= 0.6 is 0 Å². The third-order valence-electron chi connectivity index (χ3n) is 6.22. The van der Waals surface area contributed by atoms with E-state index in [4.69, 9.17) is 4.42 Å². The van der Waals surface area contributed by atoms with Crippen LogP contribution in [0, 0.1) is 0 Å². The molecule has 6 rings (SSSR count). The first-order valence-electron chi connectivity index (χ1n) is 10.2. The van der Waals surface area contributed by atoms with Crippen LogP contribution in [0.3, 0.4) is 0 Å². The molecule has 31 heavy (non-hydrogen) atoms. The Morgan fingerprint density at radius 1 is 1.03 bits per heavy atom. The monoisotopic (exact) mass is 418 g/mol. The van der Waals surface area contributed by atoms with Gasteiger partial charge < -0.3 is 19.5 Å². The fourth-order valence-electron chi connectivity index (χ4n) is 4.78. The molecule has 1 saturated carbocycles.